The van der Waals surface area contributed by atoms with Gasteiger partial charge in [0.25, 0.3) is 0 Å². The molecule has 0 aliphatic heterocycles. The molecule has 0 aliphatic carbocycles. The van der Waals surface area contributed by atoms with Crippen molar-refractivity contribution in [1.29, 1.82) is 0 Å². The molecule has 3 aromatic rings. The van der Waals surface area contributed by atoms with Crippen molar-refractivity contribution < 1.29 is 18.7 Å². The smallest absolute Gasteiger partial charge is 0.353 e. The average molecular weight is 603 g/mol. The number of nitrogens with two attached hydrogens (primary N) is 1. The number of imidazole rings is 1. The van der Waals surface area contributed by atoms with Crippen molar-refractivity contribution in [3.8, 4) is 11.8 Å². The molecule has 3 N–H and O–H groups in total. The number of nitrogens with zero attached hydrogens (tertiary/aromatic N) is 5. The van der Waals surface area contributed by atoms with Crippen LogP contribution < -0.4 is 5.73 Å². The number of aromatic nitrogens is 5. The van der Waals surface area contributed by atoms with Gasteiger partial charge in [-0.3, -0.25) is 9.55 Å². The topological polar surface area (TPSA) is 138 Å². The summed E-state index contributed by atoms with van der Waals surface area (Å²) >= 11 is 1.76. The Morgan fingerprint density at radius 2 is 1.83 bits per heavy atom. The fourth-order valence-corrected chi connectivity index (χ4v) is 6.05. The predicted octanol–water partition coefficient (Wildman–Crippen LogP) is 6.05. The molecule has 0 spiro atoms. The summed E-state index contributed by atoms with van der Waals surface area (Å²) in [4.78, 5) is 26.5. The van der Waals surface area contributed by atoms with E-state index in [9.17, 15) is 9.46 Å². The highest BCUT2D eigenvalue weighted by Gasteiger charge is 2.21. The van der Waals surface area contributed by atoms with Crippen LogP contribution in [0.15, 0.2) is 37.2 Å². The second kappa shape index (κ2) is 18.9. The van der Waals surface area contributed by atoms with Crippen molar-refractivity contribution in [3.05, 3.63) is 42.7 Å². The summed E-state index contributed by atoms with van der Waals surface area (Å²) in [7, 11) is -3.81. The zero-order chi connectivity index (χ0) is 29.2. The highest BCUT2D eigenvalue weighted by Crippen LogP contribution is 2.42. The minimum absolute atomic E-state index is 0.230. The second-order valence-corrected chi connectivity index (χ2v) is 13.0. The lowest BCUT2D eigenvalue weighted by Crippen LogP contribution is -2.17. The Morgan fingerprint density at radius 3 is 2.59 bits per heavy atom. The number of fused-ring (bicyclic) bond motifs is 1. The minimum atomic E-state index is -3.81. The van der Waals surface area contributed by atoms with E-state index in [1.807, 2.05) is 19.1 Å². The van der Waals surface area contributed by atoms with Crippen molar-refractivity contribution in [1.82, 2.24) is 24.5 Å². The van der Waals surface area contributed by atoms with Gasteiger partial charge < -0.3 is 24.5 Å². The Bertz CT molecular complexity index is 1270. The van der Waals surface area contributed by atoms with Gasteiger partial charge in [0, 0.05) is 30.1 Å². The van der Waals surface area contributed by atoms with Crippen LogP contribution in [0.3, 0.4) is 0 Å². The predicted molar refractivity (Wildman–Crippen MR) is 166 cm³/mol. The molecule has 0 amide bonds. The first kappa shape index (κ1) is 33.0. The summed E-state index contributed by atoms with van der Waals surface area (Å²) in [6.45, 7) is 2.45. The molecule has 0 radical (unpaired) electrons. The van der Waals surface area contributed by atoms with Crippen LogP contribution in [0.2, 0.25) is 0 Å². The van der Waals surface area contributed by atoms with Crippen molar-refractivity contribution in [2.45, 2.75) is 83.8 Å². The molecule has 10 nitrogen and oxygen atoms in total. The standard InChI is InChI=1S/C29H43N6O4PS/c1-25(21-35-23-34-27-28(30)32-22-33-29(27)35)38-24-40(36,37)39-17-19-41-18-12-10-8-6-4-2-3-5-7-9-11-14-26-15-13-16-31-20-26/h13,15-16,20,22-23,25H,2-10,12,17-19,21,24H2,1H3,(H,36,37)(H2,30,32,33)/t25-/m1/s1. The maximum absolute atomic E-state index is 12.3. The van der Waals surface area contributed by atoms with Crippen LogP contribution in [0.25, 0.3) is 11.2 Å². The van der Waals surface area contributed by atoms with E-state index >= 15 is 0 Å². The van der Waals surface area contributed by atoms with Gasteiger partial charge in [-0.2, -0.15) is 11.8 Å². The molecule has 0 aromatic carbocycles. The fraction of sp³-hybridized carbons (Fsp3) is 0.586. The number of pyridine rings is 1. The lowest BCUT2D eigenvalue weighted by atomic mass is 10.1. The number of ether oxygens (including phenoxy) is 1. The summed E-state index contributed by atoms with van der Waals surface area (Å²) in [6, 6.07) is 3.90. The van der Waals surface area contributed by atoms with Crippen molar-refractivity contribution >= 4 is 36.3 Å². The SMILES string of the molecule is C[C@H](Cn1cnc2c(N)ncnc21)OCP(=O)(O)OCCSCCCCCCCCCCCC#Cc1cccnc1. The maximum Gasteiger partial charge on any atom is 0.353 e. The molecule has 41 heavy (non-hydrogen) atoms. The molecule has 3 rings (SSSR count). The average Bonchev–Trinajstić information content (AvgIpc) is 3.38. The molecule has 224 valence electrons. The maximum atomic E-state index is 12.3. The van der Waals surface area contributed by atoms with E-state index in [1.54, 1.807) is 35.0 Å². The monoisotopic (exact) mass is 602 g/mol. The molecular weight excluding hydrogens is 559 g/mol. The molecule has 3 aromatic heterocycles. The molecule has 0 saturated heterocycles. The van der Waals surface area contributed by atoms with Gasteiger partial charge in [-0.25, -0.2) is 15.0 Å². The van der Waals surface area contributed by atoms with Gasteiger partial charge in [-0.15, -0.1) is 0 Å². The quantitative estimate of drug-likeness (QED) is 0.0892. The van der Waals surface area contributed by atoms with Crippen LogP contribution in [0.4, 0.5) is 5.82 Å². The Balaban J connectivity index is 1.10. The van der Waals surface area contributed by atoms with E-state index in [4.69, 9.17) is 15.0 Å². The second-order valence-electron chi connectivity index (χ2n) is 9.99. The molecule has 1 unspecified atom stereocenters. The van der Waals surface area contributed by atoms with Gasteiger partial charge in [-0.1, -0.05) is 56.8 Å². The summed E-state index contributed by atoms with van der Waals surface area (Å²) in [5.41, 5.74) is 7.92. The van der Waals surface area contributed by atoms with Crippen LogP contribution in [-0.4, -0.2) is 60.0 Å². The number of nitrogen functional groups attached to an aromatic ring is 1. The number of hydrogen-bond donors (Lipinski definition) is 2. The van der Waals surface area contributed by atoms with Crippen LogP contribution in [0.5, 0.6) is 0 Å². The van der Waals surface area contributed by atoms with Crippen LogP contribution in [0.1, 0.15) is 76.7 Å². The van der Waals surface area contributed by atoms with Crippen molar-refractivity contribution in [2.75, 3.05) is 30.2 Å². The molecular formula is C29H43N6O4PS. The molecule has 0 aliphatic rings. The molecule has 0 bridgehead atoms. The van der Waals surface area contributed by atoms with Crippen LogP contribution >= 0.6 is 19.4 Å². The summed E-state index contributed by atoms with van der Waals surface area (Å²) in [6.07, 6.45) is 18.1. The fourth-order valence-electron chi connectivity index (χ4n) is 4.22. The van der Waals surface area contributed by atoms with Gasteiger partial charge in [0.15, 0.2) is 11.5 Å². The van der Waals surface area contributed by atoms with Crippen LogP contribution in [-0.2, 0) is 20.4 Å². The number of unbranched alkanes of at least 4 members (excludes halogenated alkanes) is 9. The highest BCUT2D eigenvalue weighted by molar-refractivity contribution is 7.99. The van der Waals surface area contributed by atoms with Gasteiger partial charge in [0.2, 0.25) is 0 Å². The Morgan fingerprint density at radius 1 is 1.07 bits per heavy atom. The Kier molecular flexibility index (Phi) is 15.2. The summed E-state index contributed by atoms with van der Waals surface area (Å²) in [5, 5.41) is 0. The van der Waals surface area contributed by atoms with E-state index in [1.165, 1.54) is 57.7 Å². The molecule has 0 fully saturated rings. The number of thioether (sulfide) groups is 1. The third-order valence-corrected chi connectivity index (χ3v) is 8.51. The number of hydrogen-bond acceptors (Lipinski definition) is 9. The van der Waals surface area contributed by atoms with E-state index in [0.29, 0.717) is 29.3 Å². The highest BCUT2D eigenvalue weighted by atomic mass is 32.2. The van der Waals surface area contributed by atoms with E-state index in [2.05, 4.69) is 31.8 Å². The first-order valence-electron chi connectivity index (χ1n) is 14.4. The molecule has 0 saturated carbocycles. The van der Waals surface area contributed by atoms with Crippen LogP contribution in [0, 0.1) is 11.8 Å². The number of anilines is 1. The van der Waals surface area contributed by atoms with Crippen molar-refractivity contribution in [2.24, 2.45) is 0 Å². The van der Waals surface area contributed by atoms with E-state index in [-0.39, 0.29) is 19.1 Å². The normalized spacial score (nSPS) is 13.5. The number of rotatable bonds is 20. The van der Waals surface area contributed by atoms with E-state index in [0.717, 1.165) is 24.2 Å². The zero-order valence-corrected chi connectivity index (χ0v) is 25.7. The van der Waals surface area contributed by atoms with Gasteiger partial charge in [-0.05, 0) is 37.7 Å². The Labute approximate surface area is 247 Å². The van der Waals surface area contributed by atoms with Gasteiger partial charge in [0.1, 0.15) is 18.2 Å². The lowest BCUT2D eigenvalue weighted by molar-refractivity contribution is 0.0724. The van der Waals surface area contributed by atoms with E-state index < -0.39 is 7.60 Å². The van der Waals surface area contributed by atoms with Crippen molar-refractivity contribution in [3.63, 3.8) is 0 Å². The summed E-state index contributed by atoms with van der Waals surface area (Å²) in [5.74, 6) is 8.44. The first-order chi connectivity index (χ1) is 19.9. The molecule has 12 heteroatoms. The first-order valence-corrected chi connectivity index (χ1v) is 17.3. The minimum Gasteiger partial charge on any atom is -0.382 e. The third-order valence-electron chi connectivity index (χ3n) is 6.41. The summed E-state index contributed by atoms with van der Waals surface area (Å²) < 4.78 is 24.9. The Hall–Kier alpha value is -2.48. The van der Waals surface area contributed by atoms with Gasteiger partial charge >= 0.3 is 7.60 Å². The largest absolute Gasteiger partial charge is 0.382 e. The van der Waals surface area contributed by atoms with Gasteiger partial charge in [0.05, 0.1) is 25.6 Å². The third kappa shape index (κ3) is 13.4. The zero-order valence-electron chi connectivity index (χ0n) is 24.0. The molecule has 3 heterocycles. The molecule has 2 atom stereocenters. The lowest BCUT2D eigenvalue weighted by Gasteiger charge is -2.17.